The van der Waals surface area contributed by atoms with Gasteiger partial charge in [0.15, 0.2) is 0 Å². The van der Waals surface area contributed by atoms with Gasteiger partial charge >= 0.3 is 0 Å². The molecule has 2 unspecified atom stereocenters. The fourth-order valence-electron chi connectivity index (χ4n) is 4.80. The summed E-state index contributed by atoms with van der Waals surface area (Å²) < 4.78 is 19.2. The largest absolute Gasteiger partial charge is 0.381 e. The maximum atomic E-state index is 13.3. The van der Waals surface area contributed by atoms with Crippen LogP contribution in [-0.2, 0) is 11.3 Å². The van der Waals surface area contributed by atoms with Crippen LogP contribution in [-0.4, -0.2) is 55.7 Å². The molecular formula is C21H31FN2O. The summed E-state index contributed by atoms with van der Waals surface area (Å²) in [4.78, 5) is 5.06. The Kier molecular flexibility index (Phi) is 5.69. The van der Waals surface area contributed by atoms with Crippen LogP contribution in [0, 0.1) is 23.6 Å². The van der Waals surface area contributed by atoms with Crippen LogP contribution in [0.2, 0.25) is 0 Å². The number of benzene rings is 1. The monoisotopic (exact) mass is 346 g/mol. The molecular weight excluding hydrogens is 315 g/mol. The predicted octanol–water partition coefficient (Wildman–Crippen LogP) is 3.40. The Morgan fingerprint density at radius 3 is 2.60 bits per heavy atom. The van der Waals surface area contributed by atoms with E-state index in [0.29, 0.717) is 0 Å². The van der Waals surface area contributed by atoms with Gasteiger partial charge in [0.1, 0.15) is 5.82 Å². The molecule has 138 valence electrons. The van der Waals surface area contributed by atoms with E-state index in [4.69, 9.17) is 4.74 Å². The van der Waals surface area contributed by atoms with Crippen LogP contribution in [0.3, 0.4) is 0 Å². The molecule has 1 aliphatic carbocycles. The van der Waals surface area contributed by atoms with Crippen LogP contribution < -0.4 is 0 Å². The van der Waals surface area contributed by atoms with Crippen molar-refractivity contribution in [2.45, 2.75) is 32.2 Å². The van der Waals surface area contributed by atoms with E-state index in [1.165, 1.54) is 51.4 Å². The van der Waals surface area contributed by atoms with Crippen molar-refractivity contribution in [2.75, 3.05) is 45.9 Å². The summed E-state index contributed by atoms with van der Waals surface area (Å²) >= 11 is 0. The smallest absolute Gasteiger partial charge is 0.123 e. The summed E-state index contributed by atoms with van der Waals surface area (Å²) in [5, 5.41) is 0. The minimum absolute atomic E-state index is 0.127. The topological polar surface area (TPSA) is 15.7 Å². The molecule has 1 aromatic rings. The highest BCUT2D eigenvalue weighted by molar-refractivity contribution is 5.17. The third-order valence-corrected chi connectivity index (χ3v) is 6.26. The van der Waals surface area contributed by atoms with Crippen molar-refractivity contribution in [3.8, 4) is 0 Å². The molecule has 3 fully saturated rings. The summed E-state index contributed by atoms with van der Waals surface area (Å²) in [6.45, 7) is 8.84. The Morgan fingerprint density at radius 1 is 1.04 bits per heavy atom. The first-order valence-corrected chi connectivity index (χ1v) is 10.1. The van der Waals surface area contributed by atoms with Crippen LogP contribution in [0.15, 0.2) is 24.3 Å². The van der Waals surface area contributed by atoms with Crippen molar-refractivity contribution < 1.29 is 9.13 Å². The molecule has 3 aliphatic rings. The molecule has 1 saturated carbocycles. The molecule has 2 heterocycles. The molecule has 0 amide bonds. The van der Waals surface area contributed by atoms with Crippen molar-refractivity contribution in [3.05, 3.63) is 35.6 Å². The zero-order chi connectivity index (χ0) is 17.1. The summed E-state index contributed by atoms with van der Waals surface area (Å²) in [5.74, 6) is 2.28. The van der Waals surface area contributed by atoms with Crippen molar-refractivity contribution in [1.29, 1.82) is 0 Å². The van der Waals surface area contributed by atoms with Gasteiger partial charge in [-0.05, 0) is 67.8 Å². The zero-order valence-electron chi connectivity index (χ0n) is 15.2. The molecule has 4 heteroatoms. The van der Waals surface area contributed by atoms with Gasteiger partial charge in [-0.25, -0.2) is 4.39 Å². The number of likely N-dealkylation sites (tertiary alicyclic amines) is 2. The Hall–Kier alpha value is -0.970. The number of ether oxygens (including phenoxy) is 1. The van der Waals surface area contributed by atoms with E-state index in [-0.39, 0.29) is 5.82 Å². The minimum Gasteiger partial charge on any atom is -0.381 e. The van der Waals surface area contributed by atoms with Crippen molar-refractivity contribution in [1.82, 2.24) is 9.80 Å². The lowest BCUT2D eigenvalue weighted by Gasteiger charge is -2.26. The standard InChI is InChI=1S/C21H31FN2O/c22-18-7-4-6-17(12-18)13-24-14-19-20(15-24)21(19)16-25-11-5-10-23-8-2-1-3-9-23/h4,6-7,12,19-21H,1-3,5,8-11,13-16H2. The number of rotatable bonds is 8. The number of fused-ring (bicyclic) bond motifs is 1. The normalized spacial score (nSPS) is 29.7. The molecule has 2 atom stereocenters. The van der Waals surface area contributed by atoms with Gasteiger partial charge in [0.25, 0.3) is 0 Å². The Morgan fingerprint density at radius 2 is 1.84 bits per heavy atom. The minimum atomic E-state index is -0.127. The van der Waals surface area contributed by atoms with Gasteiger partial charge in [-0.3, -0.25) is 4.90 Å². The van der Waals surface area contributed by atoms with Crippen LogP contribution in [0.5, 0.6) is 0 Å². The van der Waals surface area contributed by atoms with E-state index in [2.05, 4.69) is 9.80 Å². The molecule has 3 nitrogen and oxygen atoms in total. The fourth-order valence-corrected chi connectivity index (χ4v) is 4.80. The summed E-state index contributed by atoms with van der Waals surface area (Å²) in [5.41, 5.74) is 1.09. The maximum absolute atomic E-state index is 13.3. The van der Waals surface area contributed by atoms with Gasteiger partial charge < -0.3 is 9.64 Å². The van der Waals surface area contributed by atoms with E-state index in [1.54, 1.807) is 6.07 Å². The first-order valence-electron chi connectivity index (χ1n) is 10.1. The summed E-state index contributed by atoms with van der Waals surface area (Å²) in [6.07, 6.45) is 5.33. The predicted molar refractivity (Wildman–Crippen MR) is 97.9 cm³/mol. The van der Waals surface area contributed by atoms with Gasteiger partial charge in [0.2, 0.25) is 0 Å². The molecule has 0 radical (unpaired) electrons. The quantitative estimate of drug-likeness (QED) is 0.671. The molecule has 2 aliphatic heterocycles. The third kappa shape index (κ3) is 4.60. The Bertz CT molecular complexity index is 549. The van der Waals surface area contributed by atoms with Gasteiger partial charge in [-0.15, -0.1) is 0 Å². The van der Waals surface area contributed by atoms with E-state index in [1.807, 2.05) is 12.1 Å². The van der Waals surface area contributed by atoms with Crippen molar-refractivity contribution in [3.63, 3.8) is 0 Å². The maximum Gasteiger partial charge on any atom is 0.123 e. The molecule has 0 bridgehead atoms. The number of piperidine rings is 2. The molecule has 4 rings (SSSR count). The van der Waals surface area contributed by atoms with Crippen LogP contribution in [0.1, 0.15) is 31.2 Å². The lowest BCUT2D eigenvalue weighted by atomic mass is 10.1. The molecule has 25 heavy (non-hydrogen) atoms. The van der Waals surface area contributed by atoms with Gasteiger partial charge in [0, 0.05) is 32.8 Å². The number of hydrogen-bond donors (Lipinski definition) is 0. The molecule has 0 spiro atoms. The third-order valence-electron chi connectivity index (χ3n) is 6.26. The first kappa shape index (κ1) is 17.4. The van der Waals surface area contributed by atoms with E-state index < -0.39 is 0 Å². The Balaban J connectivity index is 1.08. The second kappa shape index (κ2) is 8.15. The Labute approximate surface area is 151 Å². The fraction of sp³-hybridized carbons (Fsp3) is 0.714. The second-order valence-electron chi connectivity index (χ2n) is 8.15. The average molecular weight is 346 g/mol. The van der Waals surface area contributed by atoms with Gasteiger partial charge in [0.05, 0.1) is 6.61 Å². The first-order chi connectivity index (χ1) is 12.3. The lowest BCUT2D eigenvalue weighted by Crippen LogP contribution is -2.31. The van der Waals surface area contributed by atoms with Crippen LogP contribution >= 0.6 is 0 Å². The molecule has 0 aromatic heterocycles. The van der Waals surface area contributed by atoms with Crippen molar-refractivity contribution >= 4 is 0 Å². The molecule has 0 N–H and O–H groups in total. The summed E-state index contributed by atoms with van der Waals surface area (Å²) in [7, 11) is 0. The number of hydrogen-bond acceptors (Lipinski definition) is 3. The molecule has 1 aromatic carbocycles. The number of halogens is 1. The average Bonchev–Trinajstić information content (AvgIpc) is 3.07. The summed E-state index contributed by atoms with van der Waals surface area (Å²) in [6, 6.07) is 7.01. The highest BCUT2D eigenvalue weighted by Crippen LogP contribution is 2.51. The molecule has 2 saturated heterocycles. The number of nitrogens with zero attached hydrogens (tertiary/aromatic N) is 2. The van der Waals surface area contributed by atoms with Gasteiger partial charge in [-0.2, -0.15) is 0 Å². The van der Waals surface area contributed by atoms with Gasteiger partial charge in [-0.1, -0.05) is 18.6 Å². The van der Waals surface area contributed by atoms with E-state index in [9.17, 15) is 4.39 Å². The van der Waals surface area contributed by atoms with Crippen LogP contribution in [0.4, 0.5) is 4.39 Å². The van der Waals surface area contributed by atoms with E-state index in [0.717, 1.165) is 56.2 Å². The zero-order valence-corrected chi connectivity index (χ0v) is 15.2. The van der Waals surface area contributed by atoms with Crippen molar-refractivity contribution in [2.24, 2.45) is 17.8 Å². The second-order valence-corrected chi connectivity index (χ2v) is 8.15. The lowest BCUT2D eigenvalue weighted by molar-refractivity contribution is 0.0967. The highest BCUT2D eigenvalue weighted by Gasteiger charge is 2.55. The highest BCUT2D eigenvalue weighted by atomic mass is 19.1. The SMILES string of the molecule is Fc1cccc(CN2CC3C(COCCCN4CCCCC4)C3C2)c1. The van der Waals surface area contributed by atoms with Crippen LogP contribution in [0.25, 0.3) is 0 Å². The van der Waals surface area contributed by atoms with E-state index >= 15 is 0 Å².